The Kier molecular flexibility index (Phi) is 13.4. The fourth-order valence-corrected chi connectivity index (χ4v) is 7.67. The molecule has 11 nitrogen and oxygen atoms in total. The van der Waals surface area contributed by atoms with Crippen molar-refractivity contribution < 1.29 is 33.6 Å². The minimum Gasteiger partial charge on any atom is -0.493 e. The number of aliphatic hydroxyl groups excluding tert-OH is 1. The molecule has 3 atom stereocenters. The number of methoxy groups -OCH3 is 2. The van der Waals surface area contributed by atoms with Gasteiger partial charge in [0.2, 0.25) is 11.8 Å². The number of ether oxygens (including phenoxy) is 4. The Bertz CT molecular complexity index is 2190. The largest absolute Gasteiger partial charge is 0.493 e. The summed E-state index contributed by atoms with van der Waals surface area (Å²) in [6.07, 6.45) is 1.58. The molecule has 0 radical (unpaired) electrons. The predicted molar refractivity (Wildman–Crippen MR) is 224 cm³/mol. The molecule has 2 aliphatic heterocycles. The predicted octanol–water partition coefficient (Wildman–Crippen LogP) is 7.47. The van der Waals surface area contributed by atoms with Gasteiger partial charge in [0.15, 0.2) is 17.8 Å². The van der Waals surface area contributed by atoms with Gasteiger partial charge in [0.05, 0.1) is 44.4 Å². The molecule has 2 heterocycles. The van der Waals surface area contributed by atoms with Crippen LogP contribution in [0.3, 0.4) is 0 Å². The summed E-state index contributed by atoms with van der Waals surface area (Å²) in [6, 6.07) is 35.6. The van der Waals surface area contributed by atoms with Gasteiger partial charge in [0, 0.05) is 51.0 Å². The highest BCUT2D eigenvalue weighted by Crippen LogP contribution is 2.40. The van der Waals surface area contributed by atoms with E-state index in [0.717, 1.165) is 70.9 Å². The Hall–Kier alpha value is -5.72. The second kappa shape index (κ2) is 19.1. The zero-order chi connectivity index (χ0) is 40.4. The van der Waals surface area contributed by atoms with E-state index in [1.54, 1.807) is 26.4 Å². The summed E-state index contributed by atoms with van der Waals surface area (Å²) in [4.78, 5) is 27.5. The van der Waals surface area contributed by atoms with Crippen LogP contribution in [0.25, 0.3) is 11.1 Å². The number of nitrogen functional groups attached to an aromatic ring is 1. The minimum atomic E-state index is -0.600. The highest BCUT2D eigenvalue weighted by molar-refractivity contribution is 5.94. The molecule has 0 aromatic heterocycles. The second-order valence-electron chi connectivity index (χ2n) is 14.9. The van der Waals surface area contributed by atoms with Crippen LogP contribution in [0.1, 0.15) is 71.5 Å². The lowest BCUT2D eigenvalue weighted by Gasteiger charge is -2.39. The third-order valence-corrected chi connectivity index (χ3v) is 10.8. The number of rotatable bonds is 15. The van der Waals surface area contributed by atoms with Crippen LogP contribution in [-0.2, 0) is 45.2 Å². The maximum absolute atomic E-state index is 12.7. The van der Waals surface area contributed by atoms with Gasteiger partial charge in [0.1, 0.15) is 0 Å². The number of fused-ring (bicyclic) bond motifs is 1. The van der Waals surface area contributed by atoms with E-state index in [-0.39, 0.29) is 43.5 Å². The van der Waals surface area contributed by atoms with Gasteiger partial charge in [-0.2, -0.15) is 0 Å². The SMILES string of the molecule is COc1cc2c(cc1OC)CN(C[C@H]1C[C@@H](c3ccc(CO)cc3)O[C@@H](c3cccc(-c4cccc(CNC(=O)CCCC(=O)Nc5ccccc5N)c4)c3)O1)CC2. The van der Waals surface area contributed by atoms with Crippen molar-refractivity contribution in [2.45, 2.75) is 70.3 Å². The van der Waals surface area contributed by atoms with Crippen molar-refractivity contribution in [2.24, 2.45) is 0 Å². The summed E-state index contributed by atoms with van der Waals surface area (Å²) in [7, 11) is 3.33. The molecule has 11 heteroatoms. The third-order valence-electron chi connectivity index (χ3n) is 10.8. The maximum Gasteiger partial charge on any atom is 0.224 e. The lowest BCUT2D eigenvalue weighted by molar-refractivity contribution is -0.253. The highest BCUT2D eigenvalue weighted by Gasteiger charge is 2.34. The average molecular weight is 785 g/mol. The number of hydrogen-bond donors (Lipinski definition) is 4. The zero-order valence-corrected chi connectivity index (χ0v) is 33.1. The van der Waals surface area contributed by atoms with Gasteiger partial charge < -0.3 is 40.4 Å². The monoisotopic (exact) mass is 784 g/mol. The van der Waals surface area contributed by atoms with Crippen LogP contribution in [0, 0.1) is 0 Å². The van der Waals surface area contributed by atoms with Crippen molar-refractivity contribution in [1.82, 2.24) is 10.2 Å². The number of amides is 2. The smallest absolute Gasteiger partial charge is 0.224 e. The summed E-state index contributed by atoms with van der Waals surface area (Å²) in [5, 5.41) is 15.5. The Morgan fingerprint density at radius 3 is 2.28 bits per heavy atom. The normalized spacial score (nSPS) is 17.9. The minimum absolute atomic E-state index is 0.0141. The zero-order valence-electron chi connectivity index (χ0n) is 33.1. The van der Waals surface area contributed by atoms with E-state index < -0.39 is 6.29 Å². The first-order valence-corrected chi connectivity index (χ1v) is 19.9. The van der Waals surface area contributed by atoms with Crippen molar-refractivity contribution >= 4 is 23.2 Å². The van der Waals surface area contributed by atoms with Crippen LogP contribution in [-0.4, -0.2) is 55.2 Å². The first-order valence-electron chi connectivity index (χ1n) is 19.9. The molecular weight excluding hydrogens is 733 g/mol. The molecule has 0 unspecified atom stereocenters. The van der Waals surface area contributed by atoms with E-state index in [4.69, 9.17) is 24.7 Å². The maximum atomic E-state index is 12.7. The Balaban J connectivity index is 1.000. The summed E-state index contributed by atoms with van der Waals surface area (Å²) in [6.45, 7) is 2.78. The van der Waals surface area contributed by atoms with Gasteiger partial charge in [0.25, 0.3) is 0 Å². The summed E-state index contributed by atoms with van der Waals surface area (Å²) >= 11 is 0. The summed E-state index contributed by atoms with van der Waals surface area (Å²) < 4.78 is 24.6. The molecule has 5 aromatic rings. The molecule has 0 saturated carbocycles. The lowest BCUT2D eigenvalue weighted by Crippen LogP contribution is -2.41. The second-order valence-corrected chi connectivity index (χ2v) is 14.9. The van der Waals surface area contributed by atoms with Crippen molar-refractivity contribution in [1.29, 1.82) is 0 Å². The summed E-state index contributed by atoms with van der Waals surface area (Å²) in [5.41, 5.74) is 15.3. The lowest BCUT2D eigenvalue weighted by atomic mass is 9.96. The molecule has 0 aliphatic carbocycles. The number of hydrogen-bond acceptors (Lipinski definition) is 9. The number of nitrogens with zero attached hydrogens (tertiary/aromatic N) is 1. The number of carbonyl (C=O) groups is 2. The number of anilines is 2. The molecular formula is C47H52N4O7. The molecule has 0 spiro atoms. The Morgan fingerprint density at radius 1 is 0.793 bits per heavy atom. The van der Waals surface area contributed by atoms with Crippen molar-refractivity contribution in [3.63, 3.8) is 0 Å². The van der Waals surface area contributed by atoms with E-state index in [1.165, 1.54) is 11.1 Å². The Labute approximate surface area is 340 Å². The molecule has 302 valence electrons. The molecule has 5 N–H and O–H groups in total. The number of nitrogens with one attached hydrogen (secondary N) is 2. The van der Waals surface area contributed by atoms with Crippen LogP contribution in [0.15, 0.2) is 109 Å². The first kappa shape index (κ1) is 40.5. The van der Waals surface area contributed by atoms with E-state index in [9.17, 15) is 14.7 Å². The molecule has 5 aromatic carbocycles. The molecule has 1 saturated heterocycles. The van der Waals surface area contributed by atoms with Crippen LogP contribution in [0.5, 0.6) is 11.5 Å². The highest BCUT2D eigenvalue weighted by atomic mass is 16.7. The quantitative estimate of drug-likeness (QED) is 0.0795. The van der Waals surface area contributed by atoms with Gasteiger partial charge in [-0.3, -0.25) is 14.5 Å². The van der Waals surface area contributed by atoms with Crippen LogP contribution < -0.4 is 25.8 Å². The molecule has 2 amide bonds. The topological polar surface area (TPSA) is 145 Å². The van der Waals surface area contributed by atoms with E-state index in [0.29, 0.717) is 30.8 Å². The van der Waals surface area contributed by atoms with Gasteiger partial charge in [-0.05, 0) is 88.2 Å². The molecule has 58 heavy (non-hydrogen) atoms. The van der Waals surface area contributed by atoms with Gasteiger partial charge in [-0.25, -0.2) is 0 Å². The molecule has 0 bridgehead atoms. The van der Waals surface area contributed by atoms with E-state index in [2.05, 4.69) is 51.9 Å². The molecule has 2 aliphatic rings. The van der Waals surface area contributed by atoms with Crippen molar-refractivity contribution in [3.8, 4) is 22.6 Å². The Morgan fingerprint density at radius 2 is 1.52 bits per heavy atom. The van der Waals surface area contributed by atoms with Crippen LogP contribution >= 0.6 is 0 Å². The van der Waals surface area contributed by atoms with Gasteiger partial charge in [-0.1, -0.05) is 72.8 Å². The first-order chi connectivity index (χ1) is 28.3. The molecule has 1 fully saturated rings. The average Bonchev–Trinajstić information content (AvgIpc) is 3.26. The van der Waals surface area contributed by atoms with Gasteiger partial charge in [-0.15, -0.1) is 0 Å². The fourth-order valence-electron chi connectivity index (χ4n) is 7.67. The van der Waals surface area contributed by atoms with Crippen LogP contribution in [0.4, 0.5) is 11.4 Å². The van der Waals surface area contributed by atoms with Gasteiger partial charge >= 0.3 is 0 Å². The number of para-hydroxylation sites is 2. The fraction of sp³-hybridized carbons (Fsp3) is 0.319. The summed E-state index contributed by atoms with van der Waals surface area (Å²) in [5.74, 6) is 1.19. The number of benzene rings is 5. The van der Waals surface area contributed by atoms with Crippen molar-refractivity contribution in [2.75, 3.05) is 38.4 Å². The van der Waals surface area contributed by atoms with Crippen molar-refractivity contribution in [3.05, 3.63) is 143 Å². The van der Waals surface area contributed by atoms with E-state index >= 15 is 0 Å². The number of nitrogens with two attached hydrogens (primary N) is 1. The number of carbonyl (C=O) groups excluding carboxylic acids is 2. The number of aliphatic hydroxyl groups is 1. The standard InChI is InChI=1S/C47H52N4O7/c1-55-43-24-36-20-21-51(28-38(36)25-44(43)56-2)29-39-26-42(33-18-16-31(30-52)17-19-33)58-47(57-39)37-11-6-10-35(23-37)34-9-5-8-32(22-34)27-49-45(53)14-7-15-46(54)50-41-13-4-3-12-40(41)48/h3-6,8-13,16-19,22-25,39,42,47,52H,7,14-15,20-21,26-30,48H2,1-2H3,(H,49,53)(H,50,54)/t39-,42+,47+/m1/s1. The van der Waals surface area contributed by atoms with E-state index in [1.807, 2.05) is 60.7 Å². The third kappa shape index (κ3) is 10.2. The molecule has 7 rings (SSSR count). The van der Waals surface area contributed by atoms with Crippen LogP contribution in [0.2, 0.25) is 0 Å².